The van der Waals surface area contributed by atoms with Crippen molar-refractivity contribution < 1.29 is 14.6 Å². The number of nitrogens with two attached hydrogens (primary N) is 1. The Morgan fingerprint density at radius 1 is 1.35 bits per heavy atom. The van der Waals surface area contributed by atoms with Crippen LogP contribution in [0.3, 0.4) is 0 Å². The van der Waals surface area contributed by atoms with Crippen molar-refractivity contribution in [3.05, 3.63) is 23.8 Å². The Labute approximate surface area is 147 Å². The van der Waals surface area contributed by atoms with Crippen LogP contribution in [-0.4, -0.2) is 48.6 Å². The number of benzene rings is 1. The lowest BCUT2D eigenvalue weighted by Gasteiger charge is -2.24. The first-order valence-electron chi connectivity index (χ1n) is 7.61. The molecule has 0 aliphatic rings. The molecule has 0 bridgehead atoms. The minimum Gasteiger partial charge on any atom is -0.494 e. The summed E-state index contributed by atoms with van der Waals surface area (Å²) in [6.07, 6.45) is 0.355. The Morgan fingerprint density at radius 3 is 2.52 bits per heavy atom. The lowest BCUT2D eigenvalue weighted by molar-refractivity contribution is -0.137. The lowest BCUT2D eigenvalue weighted by Crippen LogP contribution is -2.28. The minimum absolute atomic E-state index is 0.0805. The number of carbonyl (C=O) groups is 1. The standard InChI is InChI=1S/C16H24Cl2N2O3/c1-2-23-15-4-3-14(20(7-5-17)8-6-18)10-12(15)9-13(19)11-16(21)22/h3-4,10,13H,2,5-9,11,19H2,1H3,(H,21,22). The summed E-state index contributed by atoms with van der Waals surface area (Å²) in [7, 11) is 0. The summed E-state index contributed by atoms with van der Waals surface area (Å²) in [5.41, 5.74) is 7.80. The summed E-state index contributed by atoms with van der Waals surface area (Å²) in [6.45, 7) is 3.81. The smallest absolute Gasteiger partial charge is 0.304 e. The predicted molar refractivity (Wildman–Crippen MR) is 95.2 cm³/mol. The van der Waals surface area contributed by atoms with Gasteiger partial charge in [0.2, 0.25) is 0 Å². The predicted octanol–water partition coefficient (Wildman–Crippen LogP) is 2.71. The van der Waals surface area contributed by atoms with E-state index in [2.05, 4.69) is 4.90 Å². The fourth-order valence-corrected chi connectivity index (χ4v) is 2.78. The van der Waals surface area contributed by atoms with E-state index in [9.17, 15) is 4.79 Å². The number of carboxylic acid groups (broad SMARTS) is 1. The van der Waals surface area contributed by atoms with E-state index in [1.807, 2.05) is 25.1 Å². The van der Waals surface area contributed by atoms with Gasteiger partial charge in [-0.3, -0.25) is 4.79 Å². The van der Waals surface area contributed by atoms with Crippen LogP contribution in [0, 0.1) is 0 Å². The van der Waals surface area contributed by atoms with Gasteiger partial charge in [-0.25, -0.2) is 0 Å². The minimum atomic E-state index is -0.905. The Morgan fingerprint density at radius 2 is 2.00 bits per heavy atom. The maximum absolute atomic E-state index is 10.8. The molecular formula is C16H24Cl2N2O3. The van der Waals surface area contributed by atoms with E-state index in [4.69, 9.17) is 38.8 Å². The van der Waals surface area contributed by atoms with Crippen molar-refractivity contribution in [2.45, 2.75) is 25.8 Å². The van der Waals surface area contributed by atoms with Crippen LogP contribution in [-0.2, 0) is 11.2 Å². The molecule has 0 saturated carbocycles. The maximum Gasteiger partial charge on any atom is 0.304 e. The normalized spacial score (nSPS) is 12.0. The number of carboxylic acids is 1. The molecule has 0 spiro atoms. The van der Waals surface area contributed by atoms with Gasteiger partial charge in [-0.1, -0.05) is 0 Å². The van der Waals surface area contributed by atoms with Gasteiger partial charge in [0.1, 0.15) is 5.75 Å². The molecule has 0 aliphatic carbocycles. The van der Waals surface area contributed by atoms with Gasteiger partial charge in [0.05, 0.1) is 13.0 Å². The van der Waals surface area contributed by atoms with Crippen molar-refractivity contribution in [3.63, 3.8) is 0 Å². The van der Waals surface area contributed by atoms with E-state index in [0.717, 1.165) is 17.0 Å². The molecule has 0 aliphatic heterocycles. The number of ether oxygens (including phenoxy) is 1. The van der Waals surface area contributed by atoms with E-state index in [-0.39, 0.29) is 6.42 Å². The van der Waals surface area contributed by atoms with Crippen LogP contribution < -0.4 is 15.4 Å². The molecule has 0 fully saturated rings. The number of halogens is 2. The van der Waals surface area contributed by atoms with Crippen molar-refractivity contribution in [1.29, 1.82) is 0 Å². The average molecular weight is 363 g/mol. The third kappa shape index (κ3) is 6.85. The van der Waals surface area contributed by atoms with Crippen LogP contribution in [0.15, 0.2) is 18.2 Å². The highest BCUT2D eigenvalue weighted by Crippen LogP contribution is 2.27. The lowest BCUT2D eigenvalue weighted by atomic mass is 10.0. The van der Waals surface area contributed by atoms with Gasteiger partial charge in [-0.05, 0) is 37.1 Å². The number of nitrogens with zero attached hydrogens (tertiary/aromatic N) is 1. The summed E-state index contributed by atoms with van der Waals surface area (Å²) in [4.78, 5) is 12.9. The molecule has 1 unspecified atom stereocenters. The van der Waals surface area contributed by atoms with E-state index < -0.39 is 12.0 Å². The zero-order valence-corrected chi connectivity index (χ0v) is 14.8. The quantitative estimate of drug-likeness (QED) is 0.592. The van der Waals surface area contributed by atoms with Gasteiger partial charge < -0.3 is 20.5 Å². The third-order valence-electron chi connectivity index (χ3n) is 3.34. The number of aliphatic carboxylic acids is 1. The highest BCUT2D eigenvalue weighted by Gasteiger charge is 2.15. The number of anilines is 1. The number of hydrogen-bond acceptors (Lipinski definition) is 4. The van der Waals surface area contributed by atoms with Gasteiger partial charge in [-0.15, -0.1) is 23.2 Å². The molecule has 1 atom stereocenters. The molecule has 5 nitrogen and oxygen atoms in total. The molecule has 1 aromatic rings. The Kier molecular flexibility index (Phi) is 9.14. The summed E-state index contributed by atoms with van der Waals surface area (Å²) in [5.74, 6) is 0.821. The number of hydrogen-bond donors (Lipinski definition) is 2. The van der Waals surface area contributed by atoms with E-state index >= 15 is 0 Å². The molecule has 7 heteroatoms. The molecule has 0 heterocycles. The first-order valence-corrected chi connectivity index (χ1v) is 8.68. The molecule has 1 aromatic carbocycles. The van der Waals surface area contributed by atoms with Crippen molar-refractivity contribution in [1.82, 2.24) is 0 Å². The summed E-state index contributed by atoms with van der Waals surface area (Å²) < 4.78 is 5.62. The van der Waals surface area contributed by atoms with Crippen molar-refractivity contribution in [2.75, 3.05) is 36.4 Å². The molecule has 3 N–H and O–H groups in total. The molecule has 130 valence electrons. The Balaban J connectivity index is 3.02. The first-order chi connectivity index (χ1) is 11.0. The summed E-state index contributed by atoms with van der Waals surface area (Å²) in [5, 5.41) is 8.87. The zero-order valence-electron chi connectivity index (χ0n) is 13.3. The van der Waals surface area contributed by atoms with Crippen LogP contribution in [0.4, 0.5) is 5.69 Å². The number of alkyl halides is 2. The summed E-state index contributed by atoms with van der Waals surface area (Å²) >= 11 is 11.7. The van der Waals surface area contributed by atoms with Gasteiger partial charge in [0, 0.05) is 36.6 Å². The van der Waals surface area contributed by atoms with Gasteiger partial charge in [0.25, 0.3) is 0 Å². The molecular weight excluding hydrogens is 339 g/mol. The second-order valence-electron chi connectivity index (χ2n) is 5.15. The molecule has 0 amide bonds. The van der Waals surface area contributed by atoms with Gasteiger partial charge >= 0.3 is 5.97 Å². The highest BCUT2D eigenvalue weighted by molar-refractivity contribution is 6.18. The molecule has 0 saturated heterocycles. The van der Waals surface area contributed by atoms with E-state index in [0.29, 0.717) is 37.9 Å². The molecule has 0 aromatic heterocycles. The largest absolute Gasteiger partial charge is 0.494 e. The monoisotopic (exact) mass is 362 g/mol. The second kappa shape index (κ2) is 10.6. The van der Waals surface area contributed by atoms with Crippen molar-refractivity contribution in [2.24, 2.45) is 5.73 Å². The fourth-order valence-electron chi connectivity index (χ4n) is 2.37. The fraction of sp³-hybridized carbons (Fsp3) is 0.562. The topological polar surface area (TPSA) is 75.8 Å². The molecule has 23 heavy (non-hydrogen) atoms. The first kappa shape index (κ1) is 19.9. The van der Waals surface area contributed by atoms with Crippen LogP contribution in [0.2, 0.25) is 0 Å². The van der Waals surface area contributed by atoms with Gasteiger partial charge in [-0.2, -0.15) is 0 Å². The summed E-state index contributed by atoms with van der Waals surface area (Å²) in [6, 6.07) is 5.36. The highest BCUT2D eigenvalue weighted by atomic mass is 35.5. The Bertz CT molecular complexity index is 494. The van der Waals surface area contributed by atoms with Crippen LogP contribution in [0.5, 0.6) is 5.75 Å². The van der Waals surface area contributed by atoms with E-state index in [1.54, 1.807) is 0 Å². The van der Waals surface area contributed by atoms with Crippen LogP contribution in [0.1, 0.15) is 18.9 Å². The SMILES string of the molecule is CCOc1ccc(N(CCCl)CCCl)cc1CC(N)CC(=O)O. The second-order valence-corrected chi connectivity index (χ2v) is 5.91. The molecule has 0 radical (unpaired) electrons. The molecule has 1 rings (SSSR count). The maximum atomic E-state index is 10.8. The van der Waals surface area contributed by atoms with E-state index in [1.165, 1.54) is 0 Å². The third-order valence-corrected chi connectivity index (χ3v) is 3.67. The number of rotatable bonds is 11. The Hall–Kier alpha value is -1.17. The van der Waals surface area contributed by atoms with Crippen molar-refractivity contribution in [3.8, 4) is 5.75 Å². The average Bonchev–Trinajstić information content (AvgIpc) is 2.48. The van der Waals surface area contributed by atoms with Gasteiger partial charge in [0.15, 0.2) is 0 Å². The zero-order chi connectivity index (χ0) is 17.2. The van der Waals surface area contributed by atoms with Crippen LogP contribution >= 0.6 is 23.2 Å². The van der Waals surface area contributed by atoms with Crippen molar-refractivity contribution >= 4 is 34.9 Å². The van der Waals surface area contributed by atoms with Crippen LogP contribution in [0.25, 0.3) is 0 Å².